The molecule has 0 atom stereocenters. The Kier molecular flexibility index (Phi) is 3.23. The molecule has 1 aliphatic rings. The number of benzene rings is 1. The third kappa shape index (κ3) is 2.04. The fraction of sp³-hybridized carbons (Fsp3) is 0.250. The Morgan fingerprint density at radius 1 is 1.39 bits per heavy atom. The molecule has 0 radical (unpaired) electrons. The lowest BCUT2D eigenvalue weighted by molar-refractivity contribution is 0.0696. The van der Waals surface area contributed by atoms with Crippen molar-refractivity contribution in [1.29, 1.82) is 0 Å². The van der Waals surface area contributed by atoms with E-state index in [1.54, 1.807) is 6.92 Å². The van der Waals surface area contributed by atoms with Gasteiger partial charge >= 0.3 is 5.97 Å². The highest BCUT2D eigenvalue weighted by atomic mass is 32.2. The number of rotatable bonds is 4. The van der Waals surface area contributed by atoms with Gasteiger partial charge in [-0.1, -0.05) is 6.07 Å². The van der Waals surface area contributed by atoms with Crippen molar-refractivity contribution in [2.45, 2.75) is 11.8 Å². The van der Waals surface area contributed by atoms with Crippen molar-refractivity contribution in [2.24, 2.45) is 0 Å². The molecular formula is C12H12O5S. The van der Waals surface area contributed by atoms with Crippen LogP contribution in [0.3, 0.4) is 0 Å². The van der Waals surface area contributed by atoms with Crippen molar-refractivity contribution in [1.82, 2.24) is 0 Å². The van der Waals surface area contributed by atoms with Gasteiger partial charge in [0, 0.05) is 6.61 Å². The molecule has 1 heterocycles. The van der Waals surface area contributed by atoms with Crippen LogP contribution in [-0.4, -0.2) is 32.7 Å². The number of fused-ring (bicyclic) bond motifs is 1. The highest BCUT2D eigenvalue weighted by molar-refractivity contribution is 7.95. The minimum Gasteiger partial charge on any atom is -0.478 e. The number of sulfone groups is 1. The van der Waals surface area contributed by atoms with Gasteiger partial charge in [-0.15, -0.1) is 0 Å². The molecule has 0 unspecified atom stereocenters. The van der Waals surface area contributed by atoms with Crippen LogP contribution in [0.1, 0.15) is 22.8 Å². The van der Waals surface area contributed by atoms with E-state index < -0.39 is 15.8 Å². The topological polar surface area (TPSA) is 80.7 Å². The van der Waals surface area contributed by atoms with Gasteiger partial charge in [0.2, 0.25) is 9.84 Å². The van der Waals surface area contributed by atoms with Gasteiger partial charge in [0.05, 0.1) is 22.0 Å². The zero-order valence-corrected chi connectivity index (χ0v) is 10.5. The van der Waals surface area contributed by atoms with Crippen LogP contribution in [0.5, 0.6) is 0 Å². The molecule has 5 nitrogen and oxygen atoms in total. The van der Waals surface area contributed by atoms with E-state index in [0.717, 1.165) is 0 Å². The second-order valence-corrected chi connectivity index (χ2v) is 5.78. The van der Waals surface area contributed by atoms with E-state index in [1.807, 2.05) is 0 Å². The predicted octanol–water partition coefficient (Wildman–Crippen LogP) is 1.55. The number of hydrogen-bond acceptors (Lipinski definition) is 4. The Morgan fingerprint density at radius 3 is 2.72 bits per heavy atom. The zero-order valence-electron chi connectivity index (χ0n) is 9.71. The molecule has 1 N–H and O–H groups in total. The Balaban J connectivity index is 2.45. The maximum Gasteiger partial charge on any atom is 0.335 e. The highest BCUT2D eigenvalue weighted by Crippen LogP contribution is 2.33. The maximum atomic E-state index is 12.1. The van der Waals surface area contributed by atoms with Crippen LogP contribution in [0, 0.1) is 0 Å². The minimum absolute atomic E-state index is 0.00984. The molecule has 0 aliphatic carbocycles. The van der Waals surface area contributed by atoms with E-state index in [9.17, 15) is 13.2 Å². The van der Waals surface area contributed by atoms with Crippen LogP contribution in [0.2, 0.25) is 0 Å². The largest absolute Gasteiger partial charge is 0.478 e. The first-order chi connectivity index (χ1) is 8.46. The second-order valence-electron chi connectivity index (χ2n) is 3.81. The third-order valence-electron chi connectivity index (χ3n) is 2.66. The zero-order chi connectivity index (χ0) is 13.3. The summed E-state index contributed by atoms with van der Waals surface area (Å²) in [6.45, 7) is 2.21. The summed E-state index contributed by atoms with van der Waals surface area (Å²) in [5.41, 5.74) is 0.470. The van der Waals surface area contributed by atoms with Crippen molar-refractivity contribution in [3.8, 4) is 0 Å². The fourth-order valence-corrected chi connectivity index (χ4v) is 3.26. The van der Waals surface area contributed by atoms with E-state index in [4.69, 9.17) is 9.84 Å². The van der Waals surface area contributed by atoms with Gasteiger partial charge in [-0.2, -0.15) is 0 Å². The summed E-state index contributed by atoms with van der Waals surface area (Å²) in [5, 5.41) is 8.86. The summed E-state index contributed by atoms with van der Waals surface area (Å²) in [6.07, 6.45) is 1.52. The van der Waals surface area contributed by atoms with Crippen LogP contribution >= 0.6 is 0 Å². The molecule has 0 saturated heterocycles. The van der Waals surface area contributed by atoms with Gasteiger partial charge in [0.15, 0.2) is 0 Å². The number of carboxylic acid groups (broad SMARTS) is 1. The van der Waals surface area contributed by atoms with Crippen LogP contribution in [0.25, 0.3) is 6.08 Å². The first kappa shape index (κ1) is 12.8. The molecule has 1 aromatic rings. The molecule has 1 aromatic carbocycles. The molecular weight excluding hydrogens is 256 g/mol. The lowest BCUT2D eigenvalue weighted by atomic mass is 10.1. The monoisotopic (exact) mass is 268 g/mol. The molecule has 96 valence electrons. The SMILES string of the molecule is CCOCC1=Cc2ccc(C(=O)O)cc2S1(=O)=O. The summed E-state index contributed by atoms with van der Waals surface area (Å²) in [6, 6.07) is 4.06. The van der Waals surface area contributed by atoms with E-state index >= 15 is 0 Å². The first-order valence-corrected chi connectivity index (χ1v) is 6.86. The molecule has 1 aliphatic heterocycles. The molecule has 18 heavy (non-hydrogen) atoms. The fourth-order valence-electron chi connectivity index (χ4n) is 1.73. The van der Waals surface area contributed by atoms with Crippen molar-refractivity contribution in [3.63, 3.8) is 0 Å². The summed E-state index contributed by atoms with van der Waals surface area (Å²) in [4.78, 5) is 11.0. The molecule has 2 rings (SSSR count). The van der Waals surface area contributed by atoms with Crippen molar-refractivity contribution < 1.29 is 23.1 Å². The van der Waals surface area contributed by atoms with Crippen LogP contribution in [0.15, 0.2) is 28.0 Å². The summed E-state index contributed by atoms with van der Waals surface area (Å²) in [5.74, 6) is -1.15. The van der Waals surface area contributed by atoms with Crippen molar-refractivity contribution in [3.05, 3.63) is 34.2 Å². The normalized spacial score (nSPS) is 16.2. The van der Waals surface area contributed by atoms with Crippen LogP contribution in [0.4, 0.5) is 0 Å². The Labute approximate surface area is 105 Å². The van der Waals surface area contributed by atoms with Crippen LogP contribution < -0.4 is 0 Å². The number of ether oxygens (including phenoxy) is 1. The Bertz CT molecular complexity index is 628. The van der Waals surface area contributed by atoms with Gasteiger partial charge in [-0.25, -0.2) is 13.2 Å². The highest BCUT2D eigenvalue weighted by Gasteiger charge is 2.30. The summed E-state index contributed by atoms with van der Waals surface area (Å²) < 4.78 is 29.3. The second kappa shape index (κ2) is 4.55. The molecule has 0 amide bonds. The summed E-state index contributed by atoms with van der Waals surface area (Å²) >= 11 is 0. The lowest BCUT2D eigenvalue weighted by Crippen LogP contribution is -2.08. The van der Waals surface area contributed by atoms with Gasteiger partial charge < -0.3 is 9.84 Å². The van der Waals surface area contributed by atoms with Gasteiger partial charge in [0.1, 0.15) is 0 Å². The number of carboxylic acids is 1. The van der Waals surface area contributed by atoms with E-state index in [1.165, 1.54) is 24.3 Å². The molecule has 0 bridgehead atoms. The standard InChI is InChI=1S/C12H12O5S/c1-2-17-7-10-5-8-3-4-9(12(13)14)6-11(8)18(10,15)16/h3-6H,2,7H2,1H3,(H,13,14). The number of aromatic carboxylic acids is 1. The predicted molar refractivity (Wildman–Crippen MR) is 65.1 cm³/mol. The third-order valence-corrected chi connectivity index (χ3v) is 4.52. The molecule has 0 saturated carbocycles. The summed E-state index contributed by atoms with van der Waals surface area (Å²) in [7, 11) is -3.60. The molecule has 0 spiro atoms. The quantitative estimate of drug-likeness (QED) is 0.896. The average molecular weight is 268 g/mol. The molecule has 0 fully saturated rings. The Hall–Kier alpha value is -1.66. The van der Waals surface area contributed by atoms with Crippen LogP contribution in [-0.2, 0) is 14.6 Å². The maximum absolute atomic E-state index is 12.1. The van der Waals surface area contributed by atoms with Gasteiger partial charge in [0.25, 0.3) is 0 Å². The minimum atomic E-state index is -3.60. The van der Waals surface area contributed by atoms with Crippen molar-refractivity contribution in [2.75, 3.05) is 13.2 Å². The number of carbonyl (C=O) groups is 1. The van der Waals surface area contributed by atoms with Crippen molar-refractivity contribution >= 4 is 21.9 Å². The first-order valence-electron chi connectivity index (χ1n) is 5.37. The number of hydrogen-bond donors (Lipinski definition) is 1. The van der Waals surface area contributed by atoms with Gasteiger partial charge in [-0.05, 0) is 30.7 Å². The van der Waals surface area contributed by atoms with E-state index in [2.05, 4.69) is 0 Å². The van der Waals surface area contributed by atoms with Gasteiger partial charge in [-0.3, -0.25) is 0 Å². The smallest absolute Gasteiger partial charge is 0.335 e. The molecule has 0 aromatic heterocycles. The Morgan fingerprint density at radius 2 is 2.11 bits per heavy atom. The molecule has 6 heteroatoms. The van der Waals surface area contributed by atoms with E-state index in [0.29, 0.717) is 12.2 Å². The lowest BCUT2D eigenvalue weighted by Gasteiger charge is -2.04. The van der Waals surface area contributed by atoms with E-state index in [-0.39, 0.29) is 22.0 Å². The average Bonchev–Trinajstić information content (AvgIpc) is 2.58.